The number of benzene rings is 2. The molecular weight excluding hydrogens is 459 g/mol. The molecule has 2 rings (SSSR count). The lowest BCUT2D eigenvalue weighted by Gasteiger charge is -2.15. The van der Waals surface area contributed by atoms with Gasteiger partial charge >= 0.3 is 22.5 Å². The van der Waals surface area contributed by atoms with Gasteiger partial charge in [0.15, 0.2) is 6.10 Å². The predicted octanol–water partition coefficient (Wildman–Crippen LogP) is 2.49. The van der Waals surface area contributed by atoms with Gasteiger partial charge in [0.2, 0.25) is 0 Å². The smallest absolute Gasteiger partial charge is 0.421 e. The first-order chi connectivity index (χ1) is 14.9. The highest BCUT2D eigenvalue weighted by Crippen LogP contribution is 2.31. The Morgan fingerprint density at radius 1 is 0.938 bits per heavy atom. The van der Waals surface area contributed by atoms with Crippen molar-refractivity contribution in [2.45, 2.75) is 19.2 Å². The van der Waals surface area contributed by atoms with Gasteiger partial charge in [-0.15, -0.1) is 4.83 Å². The summed E-state index contributed by atoms with van der Waals surface area (Å²) in [6, 6.07) is 9.93. The second kappa shape index (κ2) is 10.2. The molecule has 10 nitrogen and oxygen atoms in total. The topological polar surface area (TPSA) is 132 Å². The Labute approximate surface area is 180 Å². The van der Waals surface area contributed by atoms with Gasteiger partial charge in [-0.3, -0.25) is 10.2 Å². The van der Waals surface area contributed by atoms with E-state index in [4.69, 9.17) is 9.47 Å². The van der Waals surface area contributed by atoms with Crippen LogP contribution in [0.5, 0.6) is 17.2 Å². The van der Waals surface area contributed by atoms with Crippen LogP contribution in [0, 0.1) is 0 Å². The fourth-order valence-electron chi connectivity index (χ4n) is 2.09. The number of ether oxygens (including phenoxy) is 3. The number of alkyl halides is 3. The molecule has 2 aromatic rings. The van der Waals surface area contributed by atoms with E-state index in [9.17, 15) is 31.2 Å². The van der Waals surface area contributed by atoms with Crippen molar-refractivity contribution in [3.63, 3.8) is 0 Å². The Hall–Kier alpha value is -3.52. The molecule has 1 atom stereocenters. The Balaban J connectivity index is 1.88. The molecule has 32 heavy (non-hydrogen) atoms. The number of hydrogen-bond acceptors (Lipinski definition) is 7. The van der Waals surface area contributed by atoms with E-state index in [0.717, 1.165) is 19.2 Å². The monoisotopic (exact) mass is 477 g/mol. The molecule has 0 spiro atoms. The van der Waals surface area contributed by atoms with Crippen molar-refractivity contribution in [1.82, 2.24) is 15.0 Å². The van der Waals surface area contributed by atoms with Crippen molar-refractivity contribution >= 4 is 22.2 Å². The summed E-state index contributed by atoms with van der Waals surface area (Å²) in [5.74, 6) is -0.156. The molecule has 14 heteroatoms. The lowest BCUT2D eigenvalue weighted by molar-refractivity contribution is -0.137. The minimum Gasteiger partial charge on any atom is -0.481 e. The molecule has 0 heterocycles. The van der Waals surface area contributed by atoms with Crippen LogP contribution in [-0.2, 0) is 25.9 Å². The molecule has 3 N–H and O–H groups in total. The van der Waals surface area contributed by atoms with Gasteiger partial charge in [0.1, 0.15) is 17.2 Å². The number of methoxy groups -OCH3 is 1. The summed E-state index contributed by atoms with van der Waals surface area (Å²) in [4.78, 5) is 24.5. The molecule has 174 valence electrons. The van der Waals surface area contributed by atoms with E-state index in [0.29, 0.717) is 5.75 Å². The van der Waals surface area contributed by atoms with Crippen molar-refractivity contribution < 1.29 is 45.4 Å². The molecule has 0 radical (unpaired) electrons. The highest BCUT2D eigenvalue weighted by Gasteiger charge is 2.30. The molecule has 0 aromatic heterocycles. The number of carbonyl (C=O) groups is 2. The fraction of sp³-hybridized carbons (Fsp3) is 0.222. The number of hydrazine groups is 1. The molecule has 0 aliphatic rings. The van der Waals surface area contributed by atoms with Crippen molar-refractivity contribution in [2.24, 2.45) is 0 Å². The minimum absolute atomic E-state index is 0.187. The first kappa shape index (κ1) is 24.7. The van der Waals surface area contributed by atoms with Gasteiger partial charge in [-0.2, -0.15) is 21.6 Å². The molecule has 0 saturated carbocycles. The van der Waals surface area contributed by atoms with Gasteiger partial charge in [-0.05, 0) is 55.5 Å². The quantitative estimate of drug-likeness (QED) is 0.498. The Morgan fingerprint density at radius 2 is 1.44 bits per heavy atom. The first-order valence-electron chi connectivity index (χ1n) is 8.69. The van der Waals surface area contributed by atoms with E-state index in [2.05, 4.69) is 4.74 Å². The molecule has 0 bridgehead atoms. The highest BCUT2D eigenvalue weighted by atomic mass is 32.2. The largest absolute Gasteiger partial charge is 0.481 e. The van der Waals surface area contributed by atoms with Crippen LogP contribution in [-0.4, -0.2) is 33.6 Å². The lowest BCUT2D eigenvalue weighted by Crippen LogP contribution is -2.51. The van der Waals surface area contributed by atoms with Gasteiger partial charge in [-0.1, -0.05) is 0 Å². The summed E-state index contributed by atoms with van der Waals surface area (Å²) >= 11 is 0. The number of hydrogen-bond donors (Lipinski definition) is 3. The van der Waals surface area contributed by atoms with E-state index >= 15 is 0 Å². The van der Waals surface area contributed by atoms with Gasteiger partial charge in [0, 0.05) is 0 Å². The minimum atomic E-state index is -4.45. The van der Waals surface area contributed by atoms with Crippen molar-refractivity contribution in [3.05, 3.63) is 54.1 Å². The Bertz CT molecular complexity index is 1040. The number of nitrogens with one attached hydrogen (secondary N) is 3. The molecule has 2 aromatic carbocycles. The third-order valence-corrected chi connectivity index (χ3v) is 4.44. The van der Waals surface area contributed by atoms with Crippen LogP contribution < -0.4 is 24.5 Å². The summed E-state index contributed by atoms with van der Waals surface area (Å²) in [6.07, 6.45) is -6.84. The number of rotatable bonds is 8. The summed E-state index contributed by atoms with van der Waals surface area (Å²) in [5.41, 5.74) is 1.05. The zero-order valence-corrected chi connectivity index (χ0v) is 17.4. The lowest BCUT2D eigenvalue weighted by atomic mass is 10.2. The van der Waals surface area contributed by atoms with E-state index in [1.165, 1.54) is 48.0 Å². The number of halogens is 3. The van der Waals surface area contributed by atoms with Gasteiger partial charge < -0.3 is 14.2 Å². The maximum atomic E-state index is 12.6. The van der Waals surface area contributed by atoms with Gasteiger partial charge in [-0.25, -0.2) is 9.52 Å². The maximum absolute atomic E-state index is 12.6. The molecule has 1 unspecified atom stereocenters. The third kappa shape index (κ3) is 7.63. The van der Waals surface area contributed by atoms with Crippen LogP contribution in [0.25, 0.3) is 0 Å². The van der Waals surface area contributed by atoms with E-state index < -0.39 is 40.1 Å². The van der Waals surface area contributed by atoms with Crippen LogP contribution >= 0.6 is 0 Å². The van der Waals surface area contributed by atoms with Crippen molar-refractivity contribution in [3.8, 4) is 17.2 Å². The van der Waals surface area contributed by atoms with Gasteiger partial charge in [0.25, 0.3) is 5.91 Å². The molecular formula is C18H18F3N3O7S. The van der Waals surface area contributed by atoms with E-state index in [-0.39, 0.29) is 11.5 Å². The summed E-state index contributed by atoms with van der Waals surface area (Å²) in [5, 5.41) is 0. The van der Waals surface area contributed by atoms with E-state index in [1.54, 1.807) is 4.83 Å². The highest BCUT2D eigenvalue weighted by molar-refractivity contribution is 7.88. The summed E-state index contributed by atoms with van der Waals surface area (Å²) in [7, 11) is -3.42. The third-order valence-electron chi connectivity index (χ3n) is 3.63. The zero-order valence-electron chi connectivity index (χ0n) is 16.6. The van der Waals surface area contributed by atoms with Crippen LogP contribution in [0.1, 0.15) is 12.5 Å². The van der Waals surface area contributed by atoms with Crippen LogP contribution in [0.4, 0.5) is 18.0 Å². The molecule has 0 aliphatic carbocycles. The van der Waals surface area contributed by atoms with Crippen molar-refractivity contribution in [1.29, 1.82) is 0 Å². The molecule has 0 fully saturated rings. The molecule has 0 saturated heterocycles. The van der Waals surface area contributed by atoms with Crippen LogP contribution in [0.15, 0.2) is 48.5 Å². The van der Waals surface area contributed by atoms with Crippen LogP contribution in [0.3, 0.4) is 0 Å². The maximum Gasteiger partial charge on any atom is 0.421 e. The average molecular weight is 477 g/mol. The number of carbonyl (C=O) groups excluding carboxylic acids is 2. The second-order valence-corrected chi connectivity index (χ2v) is 7.46. The predicted molar refractivity (Wildman–Crippen MR) is 104 cm³/mol. The zero-order chi connectivity index (χ0) is 23.9. The fourth-order valence-corrected chi connectivity index (χ4v) is 2.68. The number of amides is 2. The standard InChI is InChI=1S/C18H18F3N3O7S/c1-11(16(25)22-24-32(27,28)23-17(26)29-2)30-13-7-9-15(10-8-13)31-14-5-3-12(4-6-14)18(19,20)21/h3-11,24H,1-2H3,(H,22,25)(H,23,26). The second-order valence-electron chi connectivity index (χ2n) is 6.04. The SMILES string of the molecule is COC(=O)NS(=O)(=O)NNC(=O)C(C)Oc1ccc(Oc2ccc(C(F)(F)F)cc2)cc1. The summed E-state index contributed by atoms with van der Waals surface area (Å²) < 4.78 is 77.1. The van der Waals surface area contributed by atoms with Crippen LogP contribution in [0.2, 0.25) is 0 Å². The van der Waals surface area contributed by atoms with Crippen molar-refractivity contribution in [2.75, 3.05) is 7.11 Å². The summed E-state index contributed by atoms with van der Waals surface area (Å²) in [6.45, 7) is 1.34. The average Bonchev–Trinajstić information content (AvgIpc) is 2.72. The first-order valence-corrected chi connectivity index (χ1v) is 10.2. The molecule has 0 aliphatic heterocycles. The molecule has 2 amide bonds. The normalized spacial score (nSPS) is 12.4. The van der Waals surface area contributed by atoms with E-state index in [1.807, 2.05) is 5.43 Å². The van der Waals surface area contributed by atoms with Gasteiger partial charge in [0.05, 0.1) is 12.7 Å². The Morgan fingerprint density at radius 3 is 1.94 bits per heavy atom. The Kier molecular flexibility index (Phi) is 7.88.